The fourth-order valence-corrected chi connectivity index (χ4v) is 3.95. The Morgan fingerprint density at radius 1 is 0.758 bits per heavy atom. The SMILES string of the molecule is COc1ccc(CNC(=S)NCCN2CCN(C(=S)NCc3ccc(OC)cc3)CC2)cc1. The quantitative estimate of drug-likeness (QED) is 0.463. The van der Waals surface area contributed by atoms with Crippen molar-refractivity contribution in [1.29, 1.82) is 0 Å². The van der Waals surface area contributed by atoms with E-state index in [1.807, 2.05) is 36.4 Å². The van der Waals surface area contributed by atoms with Gasteiger partial charge in [0, 0.05) is 52.4 Å². The molecule has 0 unspecified atom stereocenters. The Bertz CT molecular complexity index is 882. The Morgan fingerprint density at radius 2 is 1.27 bits per heavy atom. The maximum Gasteiger partial charge on any atom is 0.169 e. The average molecular weight is 488 g/mol. The van der Waals surface area contributed by atoms with Crippen molar-refractivity contribution >= 4 is 34.7 Å². The van der Waals surface area contributed by atoms with Gasteiger partial charge in [-0.1, -0.05) is 24.3 Å². The maximum atomic E-state index is 5.59. The van der Waals surface area contributed by atoms with Crippen molar-refractivity contribution in [1.82, 2.24) is 25.8 Å². The van der Waals surface area contributed by atoms with Gasteiger partial charge in [-0.15, -0.1) is 0 Å². The number of hydrogen-bond donors (Lipinski definition) is 3. The van der Waals surface area contributed by atoms with E-state index in [1.54, 1.807) is 14.2 Å². The lowest BCUT2D eigenvalue weighted by Gasteiger charge is -2.36. The van der Waals surface area contributed by atoms with Gasteiger partial charge in [-0.05, 0) is 59.8 Å². The molecule has 0 radical (unpaired) electrons. The average Bonchev–Trinajstić information content (AvgIpc) is 2.87. The van der Waals surface area contributed by atoms with Crippen LogP contribution in [0.5, 0.6) is 11.5 Å². The largest absolute Gasteiger partial charge is 0.497 e. The third kappa shape index (κ3) is 8.34. The predicted molar refractivity (Wildman–Crippen MR) is 141 cm³/mol. The van der Waals surface area contributed by atoms with Gasteiger partial charge in [-0.2, -0.15) is 0 Å². The molecule has 2 aromatic carbocycles. The molecule has 1 aliphatic heterocycles. The van der Waals surface area contributed by atoms with Crippen molar-refractivity contribution in [2.24, 2.45) is 0 Å². The minimum atomic E-state index is 0.674. The smallest absolute Gasteiger partial charge is 0.169 e. The van der Waals surface area contributed by atoms with Crippen LogP contribution in [0.4, 0.5) is 0 Å². The molecule has 1 heterocycles. The summed E-state index contributed by atoms with van der Waals surface area (Å²) in [6.07, 6.45) is 0. The van der Waals surface area contributed by atoms with Crippen LogP contribution in [-0.4, -0.2) is 73.5 Å². The highest BCUT2D eigenvalue weighted by Gasteiger charge is 2.18. The van der Waals surface area contributed by atoms with Gasteiger partial charge < -0.3 is 30.3 Å². The standard InChI is InChI=1S/C24H33N5O2S2/c1-30-21-7-3-19(4-8-21)17-26-23(32)25-11-12-28-13-15-29(16-14-28)24(33)27-18-20-5-9-22(31-2)10-6-20/h3-10H,11-18H2,1-2H3,(H,27,33)(H2,25,26,32). The fourth-order valence-electron chi connectivity index (χ4n) is 3.52. The second kappa shape index (κ2) is 13.2. The molecule has 178 valence electrons. The molecule has 0 saturated carbocycles. The van der Waals surface area contributed by atoms with Gasteiger partial charge in [0.2, 0.25) is 0 Å². The van der Waals surface area contributed by atoms with Crippen LogP contribution in [0.3, 0.4) is 0 Å². The molecule has 33 heavy (non-hydrogen) atoms. The topological polar surface area (TPSA) is 61.0 Å². The summed E-state index contributed by atoms with van der Waals surface area (Å²) in [6, 6.07) is 16.0. The number of ether oxygens (including phenoxy) is 2. The summed E-state index contributed by atoms with van der Waals surface area (Å²) in [6.45, 7) is 6.99. The lowest BCUT2D eigenvalue weighted by Crippen LogP contribution is -2.52. The normalized spacial score (nSPS) is 13.8. The molecular formula is C24H33N5O2S2. The second-order valence-electron chi connectivity index (χ2n) is 7.79. The lowest BCUT2D eigenvalue weighted by molar-refractivity contribution is 0.183. The number of thiocarbonyl (C=S) groups is 2. The molecule has 0 amide bonds. The first kappa shape index (κ1) is 25.0. The molecule has 0 atom stereocenters. The van der Waals surface area contributed by atoms with E-state index in [1.165, 1.54) is 5.56 Å². The highest BCUT2D eigenvalue weighted by Crippen LogP contribution is 2.12. The Morgan fingerprint density at radius 3 is 1.79 bits per heavy atom. The van der Waals surface area contributed by atoms with Gasteiger partial charge >= 0.3 is 0 Å². The van der Waals surface area contributed by atoms with E-state index in [4.69, 9.17) is 33.9 Å². The molecule has 1 aliphatic rings. The van der Waals surface area contributed by atoms with Crippen LogP contribution in [0, 0.1) is 0 Å². The van der Waals surface area contributed by atoms with E-state index in [2.05, 4.69) is 37.9 Å². The zero-order valence-corrected chi connectivity index (χ0v) is 20.9. The van der Waals surface area contributed by atoms with Gasteiger partial charge in [0.25, 0.3) is 0 Å². The summed E-state index contributed by atoms with van der Waals surface area (Å²) in [5.41, 5.74) is 2.34. The summed E-state index contributed by atoms with van der Waals surface area (Å²) < 4.78 is 10.4. The minimum Gasteiger partial charge on any atom is -0.497 e. The molecule has 1 fully saturated rings. The van der Waals surface area contributed by atoms with Crippen LogP contribution in [0.15, 0.2) is 48.5 Å². The van der Waals surface area contributed by atoms with E-state index >= 15 is 0 Å². The summed E-state index contributed by atoms with van der Waals surface area (Å²) >= 11 is 11.0. The van der Waals surface area contributed by atoms with E-state index < -0.39 is 0 Å². The van der Waals surface area contributed by atoms with E-state index in [0.717, 1.165) is 61.4 Å². The number of benzene rings is 2. The van der Waals surface area contributed by atoms with Gasteiger partial charge in [0.1, 0.15) is 11.5 Å². The maximum absolute atomic E-state index is 5.59. The summed E-state index contributed by atoms with van der Waals surface area (Å²) in [4.78, 5) is 4.67. The van der Waals surface area contributed by atoms with E-state index in [-0.39, 0.29) is 0 Å². The molecule has 7 nitrogen and oxygen atoms in total. The molecule has 9 heteroatoms. The zero-order chi connectivity index (χ0) is 23.5. The molecule has 0 bridgehead atoms. The first-order valence-corrected chi connectivity index (χ1v) is 11.9. The monoisotopic (exact) mass is 487 g/mol. The second-order valence-corrected chi connectivity index (χ2v) is 8.59. The van der Waals surface area contributed by atoms with Crippen molar-refractivity contribution in [2.45, 2.75) is 13.1 Å². The van der Waals surface area contributed by atoms with Crippen molar-refractivity contribution in [2.75, 3.05) is 53.5 Å². The highest BCUT2D eigenvalue weighted by molar-refractivity contribution is 7.80. The lowest BCUT2D eigenvalue weighted by atomic mass is 10.2. The van der Waals surface area contributed by atoms with Gasteiger partial charge in [0.15, 0.2) is 10.2 Å². The van der Waals surface area contributed by atoms with Crippen LogP contribution >= 0.6 is 24.4 Å². The third-order valence-electron chi connectivity index (χ3n) is 5.59. The van der Waals surface area contributed by atoms with Crippen LogP contribution in [0.2, 0.25) is 0 Å². The predicted octanol–water partition coefficient (Wildman–Crippen LogP) is 2.36. The number of methoxy groups -OCH3 is 2. The minimum absolute atomic E-state index is 0.674. The molecule has 1 saturated heterocycles. The van der Waals surface area contributed by atoms with E-state index in [9.17, 15) is 0 Å². The van der Waals surface area contributed by atoms with Gasteiger partial charge in [-0.3, -0.25) is 4.90 Å². The number of rotatable bonds is 9. The third-order valence-corrected chi connectivity index (χ3v) is 6.28. The highest BCUT2D eigenvalue weighted by atomic mass is 32.1. The van der Waals surface area contributed by atoms with Crippen molar-refractivity contribution in [3.63, 3.8) is 0 Å². The molecule has 0 aliphatic carbocycles. The van der Waals surface area contributed by atoms with Crippen molar-refractivity contribution in [3.05, 3.63) is 59.7 Å². The number of nitrogens with one attached hydrogen (secondary N) is 3. The molecular weight excluding hydrogens is 454 g/mol. The summed E-state index contributed by atoms with van der Waals surface area (Å²) in [7, 11) is 3.34. The van der Waals surface area contributed by atoms with Crippen LogP contribution in [0.25, 0.3) is 0 Å². The summed E-state index contributed by atoms with van der Waals surface area (Å²) in [5, 5.41) is 11.4. The Hall–Kier alpha value is -2.62. The van der Waals surface area contributed by atoms with Crippen LogP contribution in [0.1, 0.15) is 11.1 Å². The van der Waals surface area contributed by atoms with E-state index in [0.29, 0.717) is 18.2 Å². The Labute approximate surface area is 207 Å². The van der Waals surface area contributed by atoms with Gasteiger partial charge in [-0.25, -0.2) is 0 Å². The van der Waals surface area contributed by atoms with Crippen molar-refractivity contribution < 1.29 is 9.47 Å². The Kier molecular flexibility index (Phi) is 9.99. The molecule has 0 aromatic heterocycles. The fraction of sp³-hybridized carbons (Fsp3) is 0.417. The molecule has 0 spiro atoms. The first-order chi connectivity index (χ1) is 16.1. The van der Waals surface area contributed by atoms with Gasteiger partial charge in [0.05, 0.1) is 14.2 Å². The number of hydrogen-bond acceptors (Lipinski definition) is 5. The number of nitrogens with zero attached hydrogens (tertiary/aromatic N) is 2. The summed E-state index contributed by atoms with van der Waals surface area (Å²) in [5.74, 6) is 1.72. The molecule has 3 N–H and O–H groups in total. The van der Waals surface area contributed by atoms with Crippen LogP contribution < -0.4 is 25.4 Å². The first-order valence-electron chi connectivity index (χ1n) is 11.1. The van der Waals surface area contributed by atoms with Crippen molar-refractivity contribution in [3.8, 4) is 11.5 Å². The molecule has 3 rings (SSSR count). The van der Waals surface area contributed by atoms with Crippen LogP contribution in [-0.2, 0) is 13.1 Å². The Balaban J connectivity index is 1.27. The number of piperazine rings is 1. The zero-order valence-electron chi connectivity index (χ0n) is 19.3. The molecule has 2 aromatic rings.